The number of hydrogen-bond acceptors (Lipinski definition) is 3. The minimum atomic E-state index is -0.381. The molecule has 19 heavy (non-hydrogen) atoms. The molecule has 1 unspecified atom stereocenters. The van der Waals surface area contributed by atoms with Gasteiger partial charge in [0.05, 0.1) is 6.61 Å². The van der Waals surface area contributed by atoms with Crippen LogP contribution in [0.25, 0.3) is 0 Å². The number of amides is 1. The van der Waals surface area contributed by atoms with Gasteiger partial charge in [-0.3, -0.25) is 4.79 Å². The van der Waals surface area contributed by atoms with E-state index >= 15 is 0 Å². The molecular weight excluding hydrogens is 242 g/mol. The van der Waals surface area contributed by atoms with Gasteiger partial charge in [-0.25, -0.2) is 4.79 Å². The number of piperidine rings is 1. The van der Waals surface area contributed by atoms with Gasteiger partial charge in [0.15, 0.2) is 0 Å². The van der Waals surface area contributed by atoms with Gasteiger partial charge in [-0.1, -0.05) is 0 Å². The smallest absolute Gasteiger partial charge is 0.328 e. The highest BCUT2D eigenvalue weighted by molar-refractivity contribution is 5.84. The second-order valence-electron chi connectivity index (χ2n) is 4.76. The van der Waals surface area contributed by atoms with Crippen LogP contribution in [-0.2, 0) is 14.3 Å². The predicted molar refractivity (Wildman–Crippen MR) is 73.3 cm³/mol. The van der Waals surface area contributed by atoms with Crippen LogP contribution < -0.4 is 0 Å². The van der Waals surface area contributed by atoms with E-state index in [0.717, 1.165) is 32.1 Å². The zero-order valence-corrected chi connectivity index (χ0v) is 11.7. The summed E-state index contributed by atoms with van der Waals surface area (Å²) in [6.07, 6.45) is 10.7. The first-order chi connectivity index (χ1) is 9.20. The number of unbranched alkanes of at least 4 members (excludes halogenated alkanes) is 2. The van der Waals surface area contributed by atoms with E-state index in [0.29, 0.717) is 26.0 Å². The maximum atomic E-state index is 12.1. The Bertz CT molecular complexity index is 346. The number of ether oxygens (including phenoxy) is 1. The van der Waals surface area contributed by atoms with E-state index in [1.54, 1.807) is 11.8 Å². The molecule has 1 fully saturated rings. The first-order valence-corrected chi connectivity index (χ1v) is 7.10. The molecule has 4 nitrogen and oxygen atoms in total. The Kier molecular flexibility index (Phi) is 7.02. The molecule has 0 aliphatic carbocycles. The Labute approximate surface area is 115 Å². The molecular formula is C15H23NO3. The van der Waals surface area contributed by atoms with Crippen molar-refractivity contribution < 1.29 is 14.3 Å². The number of nitrogens with zero attached hydrogens (tertiary/aromatic N) is 1. The maximum absolute atomic E-state index is 12.1. The predicted octanol–water partition coefficient (Wildman–Crippen LogP) is 2.12. The van der Waals surface area contributed by atoms with E-state index in [1.165, 1.54) is 0 Å². The summed E-state index contributed by atoms with van der Waals surface area (Å²) in [5.74, 6) is 2.35. The minimum Gasteiger partial charge on any atom is -0.464 e. The van der Waals surface area contributed by atoms with Crippen molar-refractivity contribution in [3.05, 3.63) is 0 Å². The molecule has 0 bridgehead atoms. The Morgan fingerprint density at radius 2 is 2.16 bits per heavy atom. The lowest BCUT2D eigenvalue weighted by Crippen LogP contribution is -2.48. The third-order valence-corrected chi connectivity index (χ3v) is 3.34. The van der Waals surface area contributed by atoms with Crippen LogP contribution >= 0.6 is 0 Å². The summed E-state index contributed by atoms with van der Waals surface area (Å²) in [7, 11) is 0. The molecule has 0 saturated carbocycles. The van der Waals surface area contributed by atoms with Gasteiger partial charge in [0.25, 0.3) is 0 Å². The van der Waals surface area contributed by atoms with Gasteiger partial charge in [-0.15, -0.1) is 12.3 Å². The fourth-order valence-electron chi connectivity index (χ4n) is 2.36. The van der Waals surface area contributed by atoms with E-state index < -0.39 is 0 Å². The van der Waals surface area contributed by atoms with Crippen LogP contribution in [0.15, 0.2) is 0 Å². The van der Waals surface area contributed by atoms with Crippen molar-refractivity contribution >= 4 is 11.9 Å². The van der Waals surface area contributed by atoms with Gasteiger partial charge in [-0.05, 0) is 39.0 Å². The molecule has 4 heteroatoms. The van der Waals surface area contributed by atoms with Crippen molar-refractivity contribution in [2.75, 3.05) is 13.2 Å². The molecule has 0 N–H and O–H groups in total. The monoisotopic (exact) mass is 265 g/mol. The van der Waals surface area contributed by atoms with Crippen molar-refractivity contribution in [3.63, 3.8) is 0 Å². The molecule has 106 valence electrons. The third kappa shape index (κ3) is 4.94. The largest absolute Gasteiger partial charge is 0.464 e. The molecule has 0 aromatic rings. The summed E-state index contributed by atoms with van der Waals surface area (Å²) in [4.78, 5) is 25.7. The maximum Gasteiger partial charge on any atom is 0.328 e. The minimum absolute atomic E-state index is 0.0507. The Hall–Kier alpha value is -1.50. The number of rotatable bonds is 6. The number of terminal acetylenes is 1. The Balaban J connectivity index is 2.49. The first-order valence-electron chi connectivity index (χ1n) is 7.10. The highest BCUT2D eigenvalue weighted by Gasteiger charge is 2.32. The van der Waals surface area contributed by atoms with Gasteiger partial charge in [0, 0.05) is 19.4 Å². The van der Waals surface area contributed by atoms with Gasteiger partial charge in [0.1, 0.15) is 6.04 Å². The molecule has 0 radical (unpaired) electrons. The lowest BCUT2D eigenvalue weighted by atomic mass is 10.0. The second-order valence-corrected chi connectivity index (χ2v) is 4.76. The van der Waals surface area contributed by atoms with Gasteiger partial charge < -0.3 is 9.64 Å². The molecule has 1 atom stereocenters. The summed E-state index contributed by atoms with van der Waals surface area (Å²) in [5.41, 5.74) is 0. The third-order valence-electron chi connectivity index (χ3n) is 3.34. The topological polar surface area (TPSA) is 46.6 Å². The van der Waals surface area contributed by atoms with Crippen LogP contribution in [0.4, 0.5) is 0 Å². The summed E-state index contributed by atoms with van der Waals surface area (Å²) < 4.78 is 5.05. The average molecular weight is 265 g/mol. The number of carbonyl (C=O) groups excluding carboxylic acids is 2. The van der Waals surface area contributed by atoms with E-state index in [2.05, 4.69) is 5.92 Å². The second kappa shape index (κ2) is 8.58. The van der Waals surface area contributed by atoms with Crippen LogP contribution in [0.3, 0.4) is 0 Å². The molecule has 0 aromatic carbocycles. The Morgan fingerprint density at radius 1 is 1.37 bits per heavy atom. The van der Waals surface area contributed by atoms with Crippen molar-refractivity contribution in [2.24, 2.45) is 0 Å². The molecule has 1 amide bonds. The molecule has 0 aromatic heterocycles. The zero-order valence-electron chi connectivity index (χ0n) is 11.7. The van der Waals surface area contributed by atoms with Crippen LogP contribution in [0.2, 0.25) is 0 Å². The molecule has 1 aliphatic heterocycles. The average Bonchev–Trinajstić information content (AvgIpc) is 2.43. The molecule has 1 saturated heterocycles. The van der Waals surface area contributed by atoms with Gasteiger partial charge in [-0.2, -0.15) is 0 Å². The van der Waals surface area contributed by atoms with Crippen molar-refractivity contribution in [1.82, 2.24) is 4.90 Å². The SMILES string of the molecule is C#CCCCCC(=O)N1CCCCC1C(=O)OCC. The highest BCUT2D eigenvalue weighted by Crippen LogP contribution is 2.20. The quantitative estimate of drug-likeness (QED) is 0.420. The number of hydrogen-bond donors (Lipinski definition) is 0. The fraction of sp³-hybridized carbons (Fsp3) is 0.733. The van der Waals surface area contributed by atoms with Crippen molar-refractivity contribution in [3.8, 4) is 12.3 Å². The van der Waals surface area contributed by atoms with E-state index in [-0.39, 0.29) is 17.9 Å². The molecule has 0 spiro atoms. The summed E-state index contributed by atoms with van der Waals surface area (Å²) in [5, 5.41) is 0. The van der Waals surface area contributed by atoms with E-state index in [9.17, 15) is 9.59 Å². The van der Waals surface area contributed by atoms with Crippen LogP contribution in [-0.4, -0.2) is 36.0 Å². The molecule has 1 aliphatic rings. The number of esters is 1. The Morgan fingerprint density at radius 3 is 2.84 bits per heavy atom. The summed E-state index contributed by atoms with van der Waals surface area (Å²) in [6, 6.07) is -0.381. The number of carbonyl (C=O) groups is 2. The zero-order chi connectivity index (χ0) is 14.1. The lowest BCUT2D eigenvalue weighted by Gasteiger charge is -2.34. The van der Waals surface area contributed by atoms with Crippen LogP contribution in [0.5, 0.6) is 0 Å². The number of likely N-dealkylation sites (tertiary alicyclic amines) is 1. The van der Waals surface area contributed by atoms with Crippen LogP contribution in [0.1, 0.15) is 51.9 Å². The van der Waals surface area contributed by atoms with Gasteiger partial charge in [0.2, 0.25) is 5.91 Å². The molecule has 1 rings (SSSR count). The normalized spacial score (nSPS) is 18.7. The summed E-state index contributed by atoms with van der Waals surface area (Å²) in [6.45, 7) is 2.81. The fourth-order valence-corrected chi connectivity index (χ4v) is 2.36. The standard InChI is InChI=1S/C15H23NO3/c1-3-5-6-7-11-14(17)16-12-9-8-10-13(16)15(18)19-4-2/h1,13H,4-12H2,2H3. The lowest BCUT2D eigenvalue weighted by molar-refractivity contribution is -0.156. The van der Waals surface area contributed by atoms with Crippen LogP contribution in [0, 0.1) is 12.3 Å². The first kappa shape index (κ1) is 15.6. The molecule has 1 heterocycles. The van der Waals surface area contributed by atoms with Gasteiger partial charge >= 0.3 is 5.97 Å². The highest BCUT2D eigenvalue weighted by atomic mass is 16.5. The van der Waals surface area contributed by atoms with E-state index in [1.807, 2.05) is 0 Å². The van der Waals surface area contributed by atoms with E-state index in [4.69, 9.17) is 11.2 Å². The van der Waals surface area contributed by atoms with Crippen molar-refractivity contribution in [1.29, 1.82) is 0 Å². The summed E-state index contributed by atoms with van der Waals surface area (Å²) >= 11 is 0. The van der Waals surface area contributed by atoms with Crippen molar-refractivity contribution in [2.45, 2.75) is 57.9 Å².